The number of benzene rings is 2. The first-order chi connectivity index (χ1) is 10.5. The number of hydrogen-bond donors (Lipinski definition) is 0. The van der Waals surface area contributed by atoms with Crippen molar-refractivity contribution in [1.82, 2.24) is 5.10 Å². The molecule has 112 valence electrons. The Kier molecular flexibility index (Phi) is 3.94. The van der Waals surface area contributed by atoms with Gasteiger partial charge in [0.15, 0.2) is 6.17 Å². The summed E-state index contributed by atoms with van der Waals surface area (Å²) < 4.78 is 8.14. The molecule has 2 aromatic carbocycles. The molecular formula is C18H21N2OSi+. The monoisotopic (exact) mass is 309 g/mol. The Morgan fingerprint density at radius 1 is 0.864 bits per heavy atom. The summed E-state index contributed by atoms with van der Waals surface area (Å²) >= 11 is 0. The van der Waals surface area contributed by atoms with Crippen LogP contribution in [0.3, 0.4) is 0 Å². The minimum Gasteiger partial charge on any atom is -0.377 e. The molecule has 0 bridgehead atoms. The third kappa shape index (κ3) is 3.34. The van der Waals surface area contributed by atoms with Crippen molar-refractivity contribution < 1.29 is 9.10 Å². The molecule has 0 saturated carbocycles. The van der Waals surface area contributed by atoms with Gasteiger partial charge in [0, 0.05) is 10.7 Å². The topological polar surface area (TPSA) is 29.9 Å². The maximum Gasteiger partial charge on any atom is 0.407 e. The number of rotatable bonds is 4. The van der Waals surface area contributed by atoms with Crippen LogP contribution in [0.1, 0.15) is 0 Å². The van der Waals surface area contributed by atoms with Gasteiger partial charge in [-0.25, -0.2) is 0 Å². The lowest BCUT2D eigenvalue weighted by Gasteiger charge is -2.07. The third-order valence-electron chi connectivity index (χ3n) is 3.30. The van der Waals surface area contributed by atoms with Crippen molar-refractivity contribution in [2.75, 3.05) is 0 Å². The molecule has 1 aromatic heterocycles. The predicted octanol–water partition coefficient (Wildman–Crippen LogP) is 4.17. The van der Waals surface area contributed by atoms with Crippen LogP contribution in [0.15, 0.2) is 65.1 Å². The lowest BCUT2D eigenvalue weighted by atomic mass is 10.2. The van der Waals surface area contributed by atoms with Crippen LogP contribution in [0.2, 0.25) is 19.6 Å². The van der Waals surface area contributed by atoms with Crippen molar-refractivity contribution in [3.8, 4) is 22.9 Å². The summed E-state index contributed by atoms with van der Waals surface area (Å²) in [5, 5.41) is 4.73. The first-order valence-corrected chi connectivity index (χ1v) is 11.3. The van der Waals surface area contributed by atoms with Crippen LogP contribution < -0.4 is 4.68 Å². The van der Waals surface area contributed by atoms with Crippen molar-refractivity contribution in [2.45, 2.75) is 25.8 Å². The Morgan fingerprint density at radius 2 is 1.41 bits per heavy atom. The van der Waals surface area contributed by atoms with Gasteiger partial charge in [-0.15, -0.1) is 0 Å². The molecule has 0 unspecified atom stereocenters. The van der Waals surface area contributed by atoms with E-state index in [4.69, 9.17) is 9.52 Å². The molecule has 0 N–H and O–H groups in total. The zero-order chi connectivity index (χ0) is 15.6. The first-order valence-electron chi connectivity index (χ1n) is 7.55. The lowest BCUT2D eigenvalue weighted by molar-refractivity contribution is -0.728. The minimum atomic E-state index is -1.31. The van der Waals surface area contributed by atoms with Gasteiger partial charge in [-0.3, -0.25) is 0 Å². The maximum absolute atomic E-state index is 6.11. The molecule has 0 aliphatic rings. The molecule has 0 amide bonds. The smallest absolute Gasteiger partial charge is 0.377 e. The molecule has 3 rings (SSSR count). The summed E-state index contributed by atoms with van der Waals surface area (Å²) in [6.45, 7) is 7.02. The minimum absolute atomic E-state index is 0.678. The van der Waals surface area contributed by atoms with E-state index in [-0.39, 0.29) is 0 Å². The van der Waals surface area contributed by atoms with Crippen LogP contribution in [0.4, 0.5) is 0 Å². The summed E-state index contributed by atoms with van der Waals surface area (Å²) in [6, 6.07) is 20.3. The summed E-state index contributed by atoms with van der Waals surface area (Å²) in [6.07, 6.45) is 0.938. The second kappa shape index (κ2) is 5.89. The van der Waals surface area contributed by atoms with E-state index in [0.717, 1.165) is 23.2 Å². The highest BCUT2D eigenvalue weighted by molar-refractivity contribution is 6.74. The molecule has 0 atom stereocenters. The van der Waals surface area contributed by atoms with Crippen molar-refractivity contribution in [1.29, 1.82) is 0 Å². The number of nitrogens with zero attached hydrogens (tertiary/aromatic N) is 2. The zero-order valence-electron chi connectivity index (χ0n) is 13.3. The summed E-state index contributed by atoms with van der Waals surface area (Å²) in [5.74, 6) is 1.51. The Bertz CT molecular complexity index is 746. The van der Waals surface area contributed by atoms with Gasteiger partial charge < -0.3 is 4.42 Å². The van der Waals surface area contributed by atoms with Gasteiger partial charge in [0.05, 0.1) is 5.56 Å². The largest absolute Gasteiger partial charge is 0.407 e. The van der Waals surface area contributed by atoms with Crippen molar-refractivity contribution in [2.24, 2.45) is 0 Å². The summed E-state index contributed by atoms with van der Waals surface area (Å²) in [4.78, 5) is 0. The highest BCUT2D eigenvalue weighted by Gasteiger charge is 2.30. The molecule has 1 heterocycles. The van der Waals surface area contributed by atoms with Gasteiger partial charge in [0.1, 0.15) is 8.07 Å². The lowest BCUT2D eigenvalue weighted by Crippen LogP contribution is -2.48. The standard InChI is InChI=1S/C18H21N2OSi/c1-22(2,3)14-20-18(16-12-8-5-9-13-16)21-17(19-20)15-10-6-4-7-11-15/h4-13H,14H2,1-3H3/q+1. The Balaban J connectivity index is 2.09. The first kappa shape index (κ1) is 14.7. The zero-order valence-corrected chi connectivity index (χ0v) is 14.3. The highest BCUT2D eigenvalue weighted by Crippen LogP contribution is 2.23. The Hall–Kier alpha value is -2.20. The third-order valence-corrected chi connectivity index (χ3v) is 4.55. The highest BCUT2D eigenvalue weighted by atomic mass is 28.3. The molecule has 4 heteroatoms. The van der Waals surface area contributed by atoms with Gasteiger partial charge in [-0.2, -0.15) is 0 Å². The van der Waals surface area contributed by atoms with E-state index in [0.29, 0.717) is 5.89 Å². The van der Waals surface area contributed by atoms with E-state index < -0.39 is 8.07 Å². The normalized spacial score (nSPS) is 11.6. The fraction of sp³-hybridized carbons (Fsp3) is 0.222. The molecule has 0 aliphatic heterocycles. The molecule has 3 nitrogen and oxygen atoms in total. The van der Waals surface area contributed by atoms with Crippen LogP contribution in [-0.4, -0.2) is 13.2 Å². The fourth-order valence-corrected chi connectivity index (χ4v) is 3.48. The predicted molar refractivity (Wildman–Crippen MR) is 90.9 cm³/mol. The van der Waals surface area contributed by atoms with Crippen molar-refractivity contribution in [3.63, 3.8) is 0 Å². The Labute approximate surface area is 132 Å². The molecule has 0 saturated heterocycles. The second-order valence-electron chi connectivity index (χ2n) is 6.66. The SMILES string of the molecule is C[Si](C)(C)C[n+]1nc(-c2ccccc2)oc1-c1ccccc1. The van der Waals surface area contributed by atoms with Crippen LogP contribution in [0.25, 0.3) is 22.9 Å². The van der Waals surface area contributed by atoms with Gasteiger partial charge in [0.25, 0.3) is 5.89 Å². The molecule has 22 heavy (non-hydrogen) atoms. The quantitative estimate of drug-likeness (QED) is 0.535. The van der Waals surface area contributed by atoms with E-state index in [1.807, 2.05) is 53.2 Å². The van der Waals surface area contributed by atoms with Gasteiger partial charge in [-0.05, 0) is 24.3 Å². The van der Waals surface area contributed by atoms with E-state index in [1.165, 1.54) is 0 Å². The van der Waals surface area contributed by atoms with Crippen LogP contribution in [-0.2, 0) is 6.17 Å². The molecule has 0 spiro atoms. The van der Waals surface area contributed by atoms with Gasteiger partial charge in [0.2, 0.25) is 0 Å². The summed E-state index contributed by atoms with van der Waals surface area (Å²) in [7, 11) is -1.31. The molecule has 0 fully saturated rings. The van der Waals surface area contributed by atoms with Gasteiger partial charge >= 0.3 is 5.89 Å². The van der Waals surface area contributed by atoms with E-state index in [2.05, 4.69) is 31.8 Å². The van der Waals surface area contributed by atoms with Crippen molar-refractivity contribution in [3.05, 3.63) is 60.7 Å². The maximum atomic E-state index is 6.11. The van der Waals surface area contributed by atoms with Crippen LogP contribution in [0.5, 0.6) is 0 Å². The van der Waals surface area contributed by atoms with Crippen LogP contribution in [0, 0.1) is 0 Å². The number of hydrogen-bond acceptors (Lipinski definition) is 2. The summed E-state index contributed by atoms with van der Waals surface area (Å²) in [5.41, 5.74) is 2.07. The molecule has 3 aromatic rings. The molecule has 0 radical (unpaired) electrons. The Morgan fingerprint density at radius 3 is 1.95 bits per heavy atom. The van der Waals surface area contributed by atoms with E-state index in [9.17, 15) is 0 Å². The van der Waals surface area contributed by atoms with E-state index in [1.54, 1.807) is 0 Å². The average Bonchev–Trinajstić information content (AvgIpc) is 2.91. The van der Waals surface area contributed by atoms with E-state index >= 15 is 0 Å². The molecular weight excluding hydrogens is 288 g/mol. The van der Waals surface area contributed by atoms with Crippen LogP contribution >= 0.6 is 0 Å². The average molecular weight is 309 g/mol. The van der Waals surface area contributed by atoms with Crippen molar-refractivity contribution >= 4 is 8.07 Å². The fourth-order valence-electron chi connectivity index (χ4n) is 2.36. The number of aromatic nitrogens is 2. The second-order valence-corrected chi connectivity index (χ2v) is 12.1. The molecule has 0 aliphatic carbocycles. The van der Waals surface area contributed by atoms with Gasteiger partial charge in [-0.1, -0.05) is 60.7 Å².